The van der Waals surface area contributed by atoms with E-state index in [9.17, 15) is 9.59 Å². The lowest BCUT2D eigenvalue weighted by molar-refractivity contribution is -0.142. The van der Waals surface area contributed by atoms with Gasteiger partial charge < -0.3 is 28.7 Å². The van der Waals surface area contributed by atoms with E-state index in [1.54, 1.807) is 41.2 Å². The molecule has 0 bridgehead atoms. The highest BCUT2D eigenvalue weighted by Crippen LogP contribution is 2.34. The van der Waals surface area contributed by atoms with Crippen LogP contribution in [0.5, 0.6) is 17.2 Å². The molecule has 0 aliphatic carbocycles. The fraction of sp³-hybridized carbons (Fsp3) is 0.364. The molecule has 8 heteroatoms. The number of rotatable bonds is 5. The number of nitrogens with zero attached hydrogens (tertiary/aromatic N) is 2. The zero-order valence-electron chi connectivity index (χ0n) is 16.8. The van der Waals surface area contributed by atoms with E-state index in [0.29, 0.717) is 49.2 Å². The molecule has 2 aromatic rings. The highest BCUT2D eigenvalue weighted by Gasteiger charge is 2.36. The monoisotopic (exact) mass is 412 g/mol. The highest BCUT2D eigenvalue weighted by molar-refractivity contribution is 5.98. The van der Waals surface area contributed by atoms with Gasteiger partial charge in [0.05, 0.1) is 32.6 Å². The van der Waals surface area contributed by atoms with Crippen LogP contribution in [0.15, 0.2) is 48.5 Å². The number of para-hydroxylation sites is 4. The summed E-state index contributed by atoms with van der Waals surface area (Å²) in [6.45, 7) is 1.99. The van der Waals surface area contributed by atoms with Gasteiger partial charge >= 0.3 is 0 Å². The molecule has 30 heavy (non-hydrogen) atoms. The van der Waals surface area contributed by atoms with Gasteiger partial charge in [0.2, 0.25) is 0 Å². The standard InChI is InChI=1S/C22H24N2O6/c1-27-18-8-4-5-9-19(18)29-15-21(25)24-14-20(22(26)23-10-12-28-13-11-23)30-17-7-3-2-6-16(17)24/h2-9,20H,10-15H2,1H3/t20-/m1/s1. The molecule has 158 valence electrons. The molecule has 0 aromatic heterocycles. The molecule has 0 radical (unpaired) electrons. The van der Waals surface area contributed by atoms with Crippen molar-refractivity contribution in [3.05, 3.63) is 48.5 Å². The van der Waals surface area contributed by atoms with Gasteiger partial charge in [-0.2, -0.15) is 0 Å². The van der Waals surface area contributed by atoms with Crippen molar-refractivity contribution in [3.63, 3.8) is 0 Å². The number of methoxy groups -OCH3 is 1. The van der Waals surface area contributed by atoms with Crippen LogP contribution in [0, 0.1) is 0 Å². The number of morpholine rings is 1. The average Bonchev–Trinajstić information content (AvgIpc) is 2.82. The normalized spacial score (nSPS) is 18.2. The fourth-order valence-corrected chi connectivity index (χ4v) is 3.54. The van der Waals surface area contributed by atoms with Crippen molar-refractivity contribution >= 4 is 17.5 Å². The molecule has 0 spiro atoms. The summed E-state index contributed by atoms with van der Waals surface area (Å²) in [7, 11) is 1.55. The molecular weight excluding hydrogens is 388 g/mol. The molecule has 2 aliphatic rings. The second kappa shape index (κ2) is 9.04. The van der Waals surface area contributed by atoms with Gasteiger partial charge in [0.15, 0.2) is 24.2 Å². The number of ether oxygens (including phenoxy) is 4. The lowest BCUT2D eigenvalue weighted by Gasteiger charge is -2.37. The number of carbonyl (C=O) groups is 2. The third-order valence-corrected chi connectivity index (χ3v) is 5.09. The first kappa shape index (κ1) is 20.0. The van der Waals surface area contributed by atoms with E-state index in [0.717, 1.165) is 0 Å². The van der Waals surface area contributed by atoms with Gasteiger partial charge in [-0.1, -0.05) is 24.3 Å². The number of anilines is 1. The minimum absolute atomic E-state index is 0.126. The van der Waals surface area contributed by atoms with Crippen LogP contribution in [-0.2, 0) is 14.3 Å². The van der Waals surface area contributed by atoms with E-state index in [2.05, 4.69) is 0 Å². The molecule has 4 rings (SSSR count). The van der Waals surface area contributed by atoms with E-state index in [1.807, 2.05) is 24.3 Å². The van der Waals surface area contributed by atoms with Crippen LogP contribution in [0.2, 0.25) is 0 Å². The Bertz CT molecular complexity index is 912. The molecule has 2 heterocycles. The second-order valence-electron chi connectivity index (χ2n) is 6.96. The summed E-state index contributed by atoms with van der Waals surface area (Å²) in [5.41, 5.74) is 0.622. The van der Waals surface area contributed by atoms with E-state index in [-0.39, 0.29) is 25.0 Å². The van der Waals surface area contributed by atoms with Crippen LogP contribution in [-0.4, -0.2) is 69.4 Å². The topological polar surface area (TPSA) is 77.5 Å². The Kier molecular flexibility index (Phi) is 6.04. The largest absolute Gasteiger partial charge is 0.493 e. The van der Waals surface area contributed by atoms with Gasteiger partial charge in [-0.05, 0) is 24.3 Å². The minimum atomic E-state index is -0.770. The Hall–Kier alpha value is -3.26. The van der Waals surface area contributed by atoms with Crippen molar-refractivity contribution < 1.29 is 28.5 Å². The molecular formula is C22H24N2O6. The van der Waals surface area contributed by atoms with Crippen LogP contribution >= 0.6 is 0 Å². The van der Waals surface area contributed by atoms with Gasteiger partial charge in [-0.15, -0.1) is 0 Å². The predicted molar refractivity (Wildman–Crippen MR) is 109 cm³/mol. The van der Waals surface area contributed by atoms with Gasteiger partial charge in [0.1, 0.15) is 5.75 Å². The fourth-order valence-electron chi connectivity index (χ4n) is 3.54. The van der Waals surface area contributed by atoms with Crippen LogP contribution in [0.3, 0.4) is 0 Å². The smallest absolute Gasteiger partial charge is 0.265 e. The maximum Gasteiger partial charge on any atom is 0.265 e. The van der Waals surface area contributed by atoms with Crippen LogP contribution in [0.25, 0.3) is 0 Å². The Labute approximate surface area is 174 Å². The summed E-state index contributed by atoms with van der Waals surface area (Å²) in [5, 5.41) is 0. The zero-order valence-corrected chi connectivity index (χ0v) is 16.8. The van der Waals surface area contributed by atoms with Crippen molar-refractivity contribution in [1.29, 1.82) is 0 Å². The summed E-state index contributed by atoms with van der Waals surface area (Å²) >= 11 is 0. The van der Waals surface area contributed by atoms with E-state index < -0.39 is 6.10 Å². The number of carbonyl (C=O) groups excluding carboxylic acids is 2. The maximum atomic E-state index is 13.0. The second-order valence-corrected chi connectivity index (χ2v) is 6.96. The Morgan fingerprint density at radius 1 is 1.03 bits per heavy atom. The van der Waals surface area contributed by atoms with Gasteiger partial charge in [-0.25, -0.2) is 0 Å². The van der Waals surface area contributed by atoms with E-state index in [4.69, 9.17) is 18.9 Å². The first-order chi connectivity index (χ1) is 14.7. The summed E-state index contributed by atoms with van der Waals surface area (Å²) in [5.74, 6) is 1.12. The number of fused-ring (bicyclic) bond motifs is 1. The van der Waals surface area contributed by atoms with Gasteiger partial charge in [0.25, 0.3) is 11.8 Å². The number of hydrogen-bond donors (Lipinski definition) is 0. The molecule has 2 aliphatic heterocycles. The van der Waals surface area contributed by atoms with Crippen LogP contribution in [0.1, 0.15) is 0 Å². The SMILES string of the molecule is COc1ccccc1OCC(=O)N1C[C@H](C(=O)N2CCOCC2)Oc2ccccc21. The van der Waals surface area contributed by atoms with Crippen molar-refractivity contribution in [2.24, 2.45) is 0 Å². The van der Waals surface area contributed by atoms with Crippen LogP contribution < -0.4 is 19.1 Å². The first-order valence-corrected chi connectivity index (χ1v) is 9.86. The third-order valence-electron chi connectivity index (χ3n) is 5.09. The Balaban J connectivity index is 1.50. The molecule has 1 saturated heterocycles. The van der Waals surface area contributed by atoms with Gasteiger partial charge in [-0.3, -0.25) is 9.59 Å². The predicted octanol–water partition coefficient (Wildman–Crippen LogP) is 1.73. The molecule has 8 nitrogen and oxygen atoms in total. The molecule has 0 unspecified atom stereocenters. The molecule has 2 aromatic carbocycles. The van der Waals surface area contributed by atoms with Crippen LogP contribution in [0.4, 0.5) is 5.69 Å². The third kappa shape index (κ3) is 4.18. The van der Waals surface area contributed by atoms with Crippen molar-refractivity contribution in [2.45, 2.75) is 6.10 Å². The van der Waals surface area contributed by atoms with Crippen molar-refractivity contribution in [2.75, 3.05) is 51.5 Å². The quantitative estimate of drug-likeness (QED) is 0.744. The summed E-state index contributed by atoms with van der Waals surface area (Å²) in [6.07, 6.45) is -0.770. The number of hydrogen-bond acceptors (Lipinski definition) is 6. The van der Waals surface area contributed by atoms with E-state index >= 15 is 0 Å². The Morgan fingerprint density at radius 2 is 1.73 bits per heavy atom. The minimum Gasteiger partial charge on any atom is -0.493 e. The van der Waals surface area contributed by atoms with Crippen molar-refractivity contribution in [1.82, 2.24) is 4.90 Å². The molecule has 0 saturated carbocycles. The molecule has 1 fully saturated rings. The van der Waals surface area contributed by atoms with Gasteiger partial charge in [0, 0.05) is 13.1 Å². The first-order valence-electron chi connectivity index (χ1n) is 9.86. The average molecular weight is 412 g/mol. The summed E-state index contributed by atoms with van der Waals surface area (Å²) < 4.78 is 22.2. The summed E-state index contributed by atoms with van der Waals surface area (Å²) in [6, 6.07) is 14.3. The Morgan fingerprint density at radius 3 is 2.50 bits per heavy atom. The number of amides is 2. The molecule has 0 N–H and O–H groups in total. The highest BCUT2D eigenvalue weighted by atomic mass is 16.5. The number of benzene rings is 2. The maximum absolute atomic E-state index is 13.0. The molecule has 1 atom stereocenters. The zero-order chi connectivity index (χ0) is 20.9. The molecule has 2 amide bonds. The summed E-state index contributed by atoms with van der Waals surface area (Å²) in [4.78, 5) is 29.3. The lowest BCUT2D eigenvalue weighted by Crippen LogP contribution is -2.54. The van der Waals surface area contributed by atoms with Crippen molar-refractivity contribution in [3.8, 4) is 17.2 Å². The van der Waals surface area contributed by atoms with E-state index in [1.165, 1.54) is 0 Å². The lowest BCUT2D eigenvalue weighted by atomic mass is 10.1.